The molecule has 0 aliphatic heterocycles. The van der Waals surface area contributed by atoms with Gasteiger partial charge in [0.1, 0.15) is 0 Å². The maximum Gasteiger partial charge on any atom is 0.243 e. The number of benzene rings is 1. The monoisotopic (exact) mass is 263 g/mol. The first-order valence-electron chi connectivity index (χ1n) is 6.35. The molecule has 19 heavy (non-hydrogen) atoms. The van der Waals surface area contributed by atoms with E-state index in [-0.39, 0.29) is 5.91 Å². The molecule has 1 N–H and O–H groups in total. The molecule has 0 unspecified atom stereocenters. The van der Waals surface area contributed by atoms with Crippen LogP contribution in [0, 0.1) is 6.92 Å². The number of aryl methyl sites for hydroxylation is 1. The molecule has 4 heteroatoms. The standard InChI is InChI=1S/C15H21NO3/c1-4-15(17)16-9-5-6-10-19-13-8-7-12(2)11-14(13)18-3/h4,7-8,11H,1,5-6,9-10H2,2-3H3,(H,16,17). The maximum atomic E-state index is 10.9. The highest BCUT2D eigenvalue weighted by Gasteiger charge is 2.03. The van der Waals surface area contributed by atoms with Crippen LogP contribution >= 0.6 is 0 Å². The minimum atomic E-state index is -0.138. The largest absolute Gasteiger partial charge is 0.493 e. The smallest absolute Gasteiger partial charge is 0.243 e. The fraction of sp³-hybridized carbons (Fsp3) is 0.400. The molecule has 1 amide bonds. The number of ether oxygens (including phenoxy) is 2. The third-order valence-electron chi connectivity index (χ3n) is 2.63. The SMILES string of the molecule is C=CC(=O)NCCCCOc1ccc(C)cc1OC. The van der Waals surface area contributed by atoms with Gasteiger partial charge in [-0.3, -0.25) is 4.79 Å². The van der Waals surface area contributed by atoms with E-state index in [1.54, 1.807) is 7.11 Å². The zero-order valence-corrected chi connectivity index (χ0v) is 11.6. The van der Waals surface area contributed by atoms with Crippen LogP contribution in [0.3, 0.4) is 0 Å². The van der Waals surface area contributed by atoms with Crippen molar-refractivity contribution in [1.29, 1.82) is 0 Å². The third-order valence-corrected chi connectivity index (χ3v) is 2.63. The maximum absolute atomic E-state index is 10.9. The predicted molar refractivity (Wildman–Crippen MR) is 75.7 cm³/mol. The van der Waals surface area contributed by atoms with Gasteiger partial charge in [0.2, 0.25) is 5.91 Å². The first-order valence-corrected chi connectivity index (χ1v) is 6.35. The van der Waals surface area contributed by atoms with Crippen LogP contribution in [0.4, 0.5) is 0 Å². The molecule has 0 aromatic heterocycles. The molecule has 0 aliphatic rings. The molecule has 104 valence electrons. The lowest BCUT2D eigenvalue weighted by Crippen LogP contribution is -2.22. The highest BCUT2D eigenvalue weighted by molar-refractivity contribution is 5.86. The summed E-state index contributed by atoms with van der Waals surface area (Å²) in [6.45, 7) is 6.64. The van der Waals surface area contributed by atoms with Crippen molar-refractivity contribution in [3.63, 3.8) is 0 Å². The first-order chi connectivity index (χ1) is 9.17. The number of hydrogen-bond donors (Lipinski definition) is 1. The fourth-order valence-corrected chi connectivity index (χ4v) is 1.59. The van der Waals surface area contributed by atoms with Gasteiger partial charge in [0, 0.05) is 6.54 Å². The van der Waals surface area contributed by atoms with Crippen molar-refractivity contribution in [3.8, 4) is 11.5 Å². The Morgan fingerprint density at radius 2 is 2.16 bits per heavy atom. The average Bonchev–Trinajstić information content (AvgIpc) is 2.43. The van der Waals surface area contributed by atoms with Crippen LogP contribution in [0.1, 0.15) is 18.4 Å². The highest BCUT2D eigenvalue weighted by Crippen LogP contribution is 2.27. The Morgan fingerprint density at radius 3 is 2.84 bits per heavy atom. The Balaban J connectivity index is 2.26. The van der Waals surface area contributed by atoms with Gasteiger partial charge < -0.3 is 14.8 Å². The minimum absolute atomic E-state index is 0.138. The van der Waals surface area contributed by atoms with Crippen LogP contribution in [-0.2, 0) is 4.79 Å². The van der Waals surface area contributed by atoms with Crippen molar-refractivity contribution in [2.24, 2.45) is 0 Å². The van der Waals surface area contributed by atoms with E-state index in [1.807, 2.05) is 25.1 Å². The zero-order valence-electron chi connectivity index (χ0n) is 11.6. The molecular weight excluding hydrogens is 242 g/mol. The van der Waals surface area contributed by atoms with Crippen LogP contribution < -0.4 is 14.8 Å². The van der Waals surface area contributed by atoms with Crippen LogP contribution in [0.5, 0.6) is 11.5 Å². The van der Waals surface area contributed by atoms with Crippen molar-refractivity contribution >= 4 is 5.91 Å². The van der Waals surface area contributed by atoms with Crippen molar-refractivity contribution < 1.29 is 14.3 Å². The summed E-state index contributed by atoms with van der Waals surface area (Å²) in [5, 5.41) is 2.72. The Hall–Kier alpha value is -1.97. The second-order valence-corrected chi connectivity index (χ2v) is 4.21. The summed E-state index contributed by atoms with van der Waals surface area (Å²) in [6.07, 6.45) is 3.01. The highest BCUT2D eigenvalue weighted by atomic mass is 16.5. The second kappa shape index (κ2) is 8.19. The molecule has 0 saturated heterocycles. The molecule has 4 nitrogen and oxygen atoms in total. The van der Waals surface area contributed by atoms with Crippen molar-refractivity contribution in [3.05, 3.63) is 36.4 Å². The number of rotatable bonds is 8. The van der Waals surface area contributed by atoms with Crippen LogP contribution in [0.25, 0.3) is 0 Å². The number of carbonyl (C=O) groups excluding carboxylic acids is 1. The van der Waals surface area contributed by atoms with Gasteiger partial charge in [-0.2, -0.15) is 0 Å². The lowest BCUT2D eigenvalue weighted by molar-refractivity contribution is -0.116. The van der Waals surface area contributed by atoms with E-state index in [0.29, 0.717) is 13.2 Å². The van der Waals surface area contributed by atoms with Crippen LogP contribution in [-0.4, -0.2) is 26.2 Å². The van der Waals surface area contributed by atoms with Gasteiger partial charge in [-0.25, -0.2) is 0 Å². The number of carbonyl (C=O) groups is 1. The van der Waals surface area contributed by atoms with E-state index in [1.165, 1.54) is 6.08 Å². The number of nitrogens with one attached hydrogen (secondary N) is 1. The van der Waals surface area contributed by atoms with Crippen LogP contribution in [0.15, 0.2) is 30.9 Å². The Bertz CT molecular complexity index is 429. The average molecular weight is 263 g/mol. The zero-order chi connectivity index (χ0) is 14.1. The van der Waals surface area contributed by atoms with Gasteiger partial charge in [0.05, 0.1) is 13.7 Å². The van der Waals surface area contributed by atoms with Crippen molar-refractivity contribution in [1.82, 2.24) is 5.32 Å². The first kappa shape index (κ1) is 15.1. The van der Waals surface area contributed by atoms with Gasteiger partial charge in [-0.15, -0.1) is 0 Å². The molecule has 1 rings (SSSR count). The summed E-state index contributed by atoms with van der Waals surface area (Å²) >= 11 is 0. The van der Waals surface area contributed by atoms with Crippen molar-refractivity contribution in [2.45, 2.75) is 19.8 Å². The summed E-state index contributed by atoms with van der Waals surface area (Å²) in [5.74, 6) is 1.37. The molecule has 0 radical (unpaired) electrons. The van der Waals surface area contributed by atoms with E-state index in [2.05, 4.69) is 11.9 Å². The summed E-state index contributed by atoms with van der Waals surface area (Å²) in [6, 6.07) is 5.84. The summed E-state index contributed by atoms with van der Waals surface area (Å²) < 4.78 is 10.9. The van der Waals surface area contributed by atoms with E-state index in [9.17, 15) is 4.79 Å². The minimum Gasteiger partial charge on any atom is -0.493 e. The second-order valence-electron chi connectivity index (χ2n) is 4.21. The molecule has 0 aliphatic carbocycles. The summed E-state index contributed by atoms with van der Waals surface area (Å²) in [5.41, 5.74) is 1.14. The van der Waals surface area contributed by atoms with E-state index >= 15 is 0 Å². The molecule has 1 aromatic carbocycles. The lowest BCUT2D eigenvalue weighted by atomic mass is 10.2. The third kappa shape index (κ3) is 5.46. The van der Waals surface area contributed by atoms with Gasteiger partial charge in [-0.1, -0.05) is 12.6 Å². The van der Waals surface area contributed by atoms with E-state index in [0.717, 1.165) is 29.9 Å². The normalized spacial score (nSPS) is 9.79. The summed E-state index contributed by atoms with van der Waals surface area (Å²) in [4.78, 5) is 10.9. The van der Waals surface area contributed by atoms with Gasteiger partial charge in [-0.05, 0) is 43.5 Å². The number of methoxy groups -OCH3 is 1. The number of unbranched alkanes of at least 4 members (excludes halogenated alkanes) is 1. The molecule has 0 heterocycles. The Morgan fingerprint density at radius 1 is 1.37 bits per heavy atom. The Kier molecular flexibility index (Phi) is 6.50. The predicted octanol–water partition coefficient (Wildman–Crippen LogP) is 2.46. The molecule has 1 aromatic rings. The lowest BCUT2D eigenvalue weighted by Gasteiger charge is -2.11. The van der Waals surface area contributed by atoms with E-state index < -0.39 is 0 Å². The molecule has 0 fully saturated rings. The molecule has 0 saturated carbocycles. The Labute approximate surface area is 114 Å². The number of hydrogen-bond acceptors (Lipinski definition) is 3. The van der Waals surface area contributed by atoms with Gasteiger partial charge in [0.25, 0.3) is 0 Å². The van der Waals surface area contributed by atoms with Crippen molar-refractivity contribution in [2.75, 3.05) is 20.3 Å². The topological polar surface area (TPSA) is 47.6 Å². The van der Waals surface area contributed by atoms with Gasteiger partial charge >= 0.3 is 0 Å². The quantitative estimate of drug-likeness (QED) is 0.579. The fourth-order valence-electron chi connectivity index (χ4n) is 1.59. The molecule has 0 atom stereocenters. The molecule has 0 bridgehead atoms. The molecular formula is C15H21NO3. The number of amides is 1. The molecule has 0 spiro atoms. The van der Waals surface area contributed by atoms with Gasteiger partial charge in [0.15, 0.2) is 11.5 Å². The van der Waals surface area contributed by atoms with Crippen LogP contribution in [0.2, 0.25) is 0 Å². The van der Waals surface area contributed by atoms with E-state index in [4.69, 9.17) is 9.47 Å². The summed E-state index contributed by atoms with van der Waals surface area (Å²) in [7, 11) is 1.63.